The molecule has 3 aromatic rings. The molecular formula is C31H41N7O3. The maximum Gasteiger partial charge on any atom is 0.410 e. The fourth-order valence-corrected chi connectivity index (χ4v) is 5.47. The van der Waals surface area contributed by atoms with E-state index in [-0.39, 0.29) is 18.2 Å². The van der Waals surface area contributed by atoms with Gasteiger partial charge in [-0.05, 0) is 71.1 Å². The predicted molar refractivity (Wildman–Crippen MR) is 160 cm³/mol. The Balaban J connectivity index is 1.47. The molecule has 2 aliphatic rings. The molecule has 10 heteroatoms. The van der Waals surface area contributed by atoms with Crippen molar-refractivity contribution < 1.29 is 14.3 Å². The van der Waals surface area contributed by atoms with Crippen LogP contribution in [0, 0.1) is 5.41 Å². The lowest BCUT2D eigenvalue weighted by molar-refractivity contribution is -0.0365. The van der Waals surface area contributed by atoms with E-state index in [9.17, 15) is 4.79 Å². The van der Waals surface area contributed by atoms with Crippen LogP contribution in [-0.4, -0.2) is 81.2 Å². The second kappa shape index (κ2) is 12.0. The van der Waals surface area contributed by atoms with Crippen LogP contribution in [0.25, 0.3) is 27.9 Å². The van der Waals surface area contributed by atoms with Gasteiger partial charge in [-0.3, -0.25) is 9.97 Å². The summed E-state index contributed by atoms with van der Waals surface area (Å²) in [5.41, 5.74) is 4.38. The number of aromatic nitrogens is 4. The smallest absolute Gasteiger partial charge is 0.410 e. The lowest BCUT2D eigenvalue weighted by Crippen LogP contribution is -2.41. The van der Waals surface area contributed by atoms with E-state index in [1.165, 1.54) is 6.21 Å². The number of hydrogen-bond donors (Lipinski definition) is 1. The van der Waals surface area contributed by atoms with Crippen molar-refractivity contribution in [3.05, 3.63) is 48.1 Å². The fourth-order valence-electron chi connectivity index (χ4n) is 5.47. The number of pyridine rings is 2. The molecule has 1 unspecified atom stereocenters. The lowest BCUT2D eigenvalue weighted by Gasteiger charge is -2.33. The van der Waals surface area contributed by atoms with E-state index in [4.69, 9.17) is 29.9 Å². The largest absolute Gasteiger partial charge is 0.444 e. The normalized spacial score (nSPS) is 18.9. The molecule has 2 saturated heterocycles. The van der Waals surface area contributed by atoms with Gasteiger partial charge in [0.05, 0.1) is 23.1 Å². The third kappa shape index (κ3) is 6.59. The summed E-state index contributed by atoms with van der Waals surface area (Å²) in [6.07, 6.45) is 9.34. The van der Waals surface area contributed by atoms with E-state index in [0.717, 1.165) is 60.1 Å². The Bertz CT molecular complexity index is 1430. The minimum atomic E-state index is -0.504. The van der Waals surface area contributed by atoms with Gasteiger partial charge in [-0.1, -0.05) is 6.07 Å². The molecule has 2 aliphatic heterocycles. The second-order valence-corrected chi connectivity index (χ2v) is 12.1. The highest BCUT2D eigenvalue weighted by Gasteiger charge is 2.29. The van der Waals surface area contributed by atoms with Crippen LogP contribution >= 0.6 is 0 Å². The third-order valence-corrected chi connectivity index (χ3v) is 7.45. The molecule has 3 aromatic heterocycles. The number of piperidine rings is 1. The zero-order chi connectivity index (χ0) is 29.1. The molecule has 0 bridgehead atoms. The third-order valence-electron chi connectivity index (χ3n) is 7.45. The van der Waals surface area contributed by atoms with Crippen molar-refractivity contribution in [3.8, 4) is 11.4 Å². The van der Waals surface area contributed by atoms with E-state index in [1.54, 1.807) is 4.90 Å². The van der Waals surface area contributed by atoms with Crippen molar-refractivity contribution >= 4 is 28.8 Å². The number of allylic oxidation sites excluding steroid dienone is 1. The first-order valence-corrected chi connectivity index (χ1v) is 14.5. The highest BCUT2D eigenvalue weighted by Crippen LogP contribution is 2.35. The van der Waals surface area contributed by atoms with Gasteiger partial charge in [0, 0.05) is 68.8 Å². The maximum atomic E-state index is 12.6. The van der Waals surface area contributed by atoms with Gasteiger partial charge in [-0.2, -0.15) is 5.10 Å². The van der Waals surface area contributed by atoms with E-state index in [2.05, 4.69) is 6.07 Å². The number of carbonyl (C=O) groups excluding carboxylic acids is 1. The first kappa shape index (κ1) is 28.7. The van der Waals surface area contributed by atoms with Gasteiger partial charge >= 0.3 is 6.09 Å². The number of amides is 1. The van der Waals surface area contributed by atoms with Gasteiger partial charge in [-0.25, -0.2) is 9.48 Å². The quantitative estimate of drug-likeness (QED) is 0.377. The Morgan fingerprint density at radius 1 is 1.17 bits per heavy atom. The number of nitrogens with zero attached hydrogens (tertiary/aromatic N) is 6. The highest BCUT2D eigenvalue weighted by molar-refractivity contribution is 6.08. The minimum Gasteiger partial charge on any atom is -0.444 e. The Morgan fingerprint density at radius 3 is 2.61 bits per heavy atom. The van der Waals surface area contributed by atoms with Gasteiger partial charge in [0.15, 0.2) is 6.23 Å². The van der Waals surface area contributed by atoms with Crippen molar-refractivity contribution in [1.82, 2.24) is 29.5 Å². The van der Waals surface area contributed by atoms with Gasteiger partial charge < -0.3 is 24.7 Å². The lowest BCUT2D eigenvalue weighted by atomic mass is 9.93. The molecule has 0 radical (unpaired) electrons. The summed E-state index contributed by atoms with van der Waals surface area (Å²) < 4.78 is 13.6. The molecular weight excluding hydrogens is 518 g/mol. The highest BCUT2D eigenvalue weighted by atomic mass is 16.6. The Hall–Kier alpha value is -3.79. The van der Waals surface area contributed by atoms with Crippen LogP contribution in [-0.2, 0) is 9.47 Å². The molecule has 1 atom stereocenters. The number of nitrogens with one attached hydrogen (secondary N) is 1. The molecule has 5 heterocycles. The average molecular weight is 560 g/mol. The number of ether oxygens (including phenoxy) is 2. The average Bonchev–Trinajstić information content (AvgIpc) is 3.34. The molecule has 0 aliphatic carbocycles. The molecule has 41 heavy (non-hydrogen) atoms. The molecule has 0 saturated carbocycles. The van der Waals surface area contributed by atoms with E-state index in [1.807, 2.05) is 75.0 Å². The zero-order valence-electron chi connectivity index (χ0n) is 24.8. The van der Waals surface area contributed by atoms with E-state index in [0.29, 0.717) is 31.0 Å². The van der Waals surface area contributed by atoms with Crippen molar-refractivity contribution in [2.75, 3.05) is 33.8 Å². The summed E-state index contributed by atoms with van der Waals surface area (Å²) in [5, 5.41) is 14.0. The first-order valence-electron chi connectivity index (χ1n) is 14.5. The number of rotatable bonds is 6. The SMILES string of the molecule is CN(C)/C=C(\C=N)c1cc2c(-c3cccc(C4CCN(C(=O)OC(C)(C)C)CC4)n3)nn(C3CCCCO3)c2cn1. The van der Waals surface area contributed by atoms with Crippen LogP contribution in [0.1, 0.15) is 76.4 Å². The van der Waals surface area contributed by atoms with E-state index < -0.39 is 5.60 Å². The molecule has 2 fully saturated rings. The molecule has 0 aromatic carbocycles. The molecule has 5 rings (SSSR count). The standard InChI is InChI=1S/C31H41N7O3/c1-31(2,3)41-30(39)37-14-12-21(13-15-37)24-9-8-10-25(34-24)29-23-17-26(22(18-32)20-36(4)5)33-19-27(23)38(35-29)28-11-6-7-16-40-28/h8-10,17-21,28,32H,6-7,11-16H2,1-5H3/b22-20+,32-18?. The fraction of sp³-hybridized carbons (Fsp3) is 0.516. The van der Waals surface area contributed by atoms with Gasteiger partial charge in [0.2, 0.25) is 0 Å². The van der Waals surface area contributed by atoms with E-state index >= 15 is 0 Å². The topological polar surface area (TPSA) is 109 Å². The second-order valence-electron chi connectivity index (χ2n) is 12.1. The predicted octanol–water partition coefficient (Wildman–Crippen LogP) is 5.86. The van der Waals surface area contributed by atoms with Crippen molar-refractivity contribution in [3.63, 3.8) is 0 Å². The minimum absolute atomic E-state index is 0.146. The molecule has 218 valence electrons. The zero-order valence-corrected chi connectivity index (χ0v) is 24.8. The summed E-state index contributed by atoms with van der Waals surface area (Å²) in [6, 6.07) is 8.11. The van der Waals surface area contributed by atoms with Crippen molar-refractivity contribution in [2.24, 2.45) is 0 Å². The van der Waals surface area contributed by atoms with Crippen LogP contribution in [0.4, 0.5) is 4.79 Å². The number of hydrogen-bond acceptors (Lipinski definition) is 8. The van der Waals surface area contributed by atoms with Gasteiger partial charge in [0.1, 0.15) is 11.3 Å². The maximum absolute atomic E-state index is 12.6. The van der Waals surface area contributed by atoms with Crippen LogP contribution in [0.2, 0.25) is 0 Å². The Kier molecular flexibility index (Phi) is 8.40. The van der Waals surface area contributed by atoms with Crippen LogP contribution in [0.15, 0.2) is 36.7 Å². The summed E-state index contributed by atoms with van der Waals surface area (Å²) >= 11 is 0. The molecule has 10 nitrogen and oxygen atoms in total. The molecule has 1 N–H and O–H groups in total. The Labute approximate surface area is 241 Å². The Morgan fingerprint density at radius 2 is 1.95 bits per heavy atom. The van der Waals surface area contributed by atoms with Crippen LogP contribution in [0.3, 0.4) is 0 Å². The van der Waals surface area contributed by atoms with Crippen molar-refractivity contribution in [2.45, 2.75) is 70.6 Å². The van der Waals surface area contributed by atoms with Crippen LogP contribution in [0.5, 0.6) is 0 Å². The molecule has 1 amide bonds. The summed E-state index contributed by atoms with van der Waals surface area (Å²) in [7, 11) is 3.86. The van der Waals surface area contributed by atoms with Crippen LogP contribution < -0.4 is 0 Å². The van der Waals surface area contributed by atoms with Gasteiger partial charge in [0.25, 0.3) is 0 Å². The monoisotopic (exact) mass is 559 g/mol. The number of fused-ring (bicyclic) bond motifs is 1. The van der Waals surface area contributed by atoms with Crippen molar-refractivity contribution in [1.29, 1.82) is 5.41 Å². The number of carbonyl (C=O) groups is 1. The number of likely N-dealkylation sites (tertiary alicyclic amines) is 1. The van der Waals surface area contributed by atoms with Gasteiger partial charge in [-0.15, -0.1) is 0 Å². The summed E-state index contributed by atoms with van der Waals surface area (Å²) in [5.74, 6) is 0.244. The first-order chi connectivity index (χ1) is 19.6. The summed E-state index contributed by atoms with van der Waals surface area (Å²) in [6.45, 7) is 7.67. The molecule has 0 spiro atoms. The summed E-state index contributed by atoms with van der Waals surface area (Å²) in [4.78, 5) is 26.1.